The molecule has 1 aromatic rings. The summed E-state index contributed by atoms with van der Waals surface area (Å²) in [5.74, 6) is -0.00221. The maximum Gasteiger partial charge on any atom is 0.319 e. The van der Waals surface area contributed by atoms with Gasteiger partial charge in [0.05, 0.1) is 5.92 Å². The van der Waals surface area contributed by atoms with Crippen LogP contribution in [0, 0.1) is 11.7 Å². The second-order valence-electron chi connectivity index (χ2n) is 6.75. The maximum atomic E-state index is 12.9. The van der Waals surface area contributed by atoms with E-state index in [4.69, 9.17) is 0 Å². The molecule has 0 saturated carbocycles. The SMILES string of the molecule is O=C(Nc1ccc(F)cc1)NC1CCN(C(=O)C2CCCNC2)CC1. The number of hydrogen-bond acceptors (Lipinski definition) is 3. The third-order valence-electron chi connectivity index (χ3n) is 4.89. The first-order valence-electron chi connectivity index (χ1n) is 8.94. The average molecular weight is 348 g/mol. The van der Waals surface area contributed by atoms with E-state index in [9.17, 15) is 14.0 Å². The van der Waals surface area contributed by atoms with Crippen LogP contribution in [0.3, 0.4) is 0 Å². The fourth-order valence-electron chi connectivity index (χ4n) is 3.45. The van der Waals surface area contributed by atoms with Gasteiger partial charge in [0.15, 0.2) is 0 Å². The van der Waals surface area contributed by atoms with Crippen LogP contribution >= 0.6 is 0 Å². The molecule has 7 heteroatoms. The van der Waals surface area contributed by atoms with E-state index in [0.717, 1.165) is 38.8 Å². The Morgan fingerprint density at radius 3 is 2.48 bits per heavy atom. The van der Waals surface area contributed by atoms with Gasteiger partial charge in [0.25, 0.3) is 0 Å². The molecular weight excluding hydrogens is 323 g/mol. The lowest BCUT2D eigenvalue weighted by Gasteiger charge is -2.35. The first kappa shape index (κ1) is 17.7. The van der Waals surface area contributed by atoms with Gasteiger partial charge in [-0.3, -0.25) is 4.79 Å². The van der Waals surface area contributed by atoms with Crippen LogP contribution in [0.15, 0.2) is 24.3 Å². The van der Waals surface area contributed by atoms with Crippen molar-refractivity contribution in [2.24, 2.45) is 5.92 Å². The molecule has 3 rings (SSSR count). The summed E-state index contributed by atoms with van der Waals surface area (Å²) in [5.41, 5.74) is 0.552. The van der Waals surface area contributed by atoms with Crippen molar-refractivity contribution in [3.63, 3.8) is 0 Å². The Morgan fingerprint density at radius 1 is 1.12 bits per heavy atom. The monoisotopic (exact) mass is 348 g/mol. The second kappa shape index (κ2) is 8.29. The van der Waals surface area contributed by atoms with Gasteiger partial charge in [0, 0.05) is 31.4 Å². The van der Waals surface area contributed by atoms with Crippen molar-refractivity contribution in [2.75, 3.05) is 31.5 Å². The molecular formula is C18H25FN4O2. The molecule has 3 amide bonds. The number of benzene rings is 1. The number of piperidine rings is 2. The first-order chi connectivity index (χ1) is 12.1. The van der Waals surface area contributed by atoms with Crippen LogP contribution in [-0.4, -0.2) is 49.1 Å². The van der Waals surface area contributed by atoms with E-state index >= 15 is 0 Å². The molecule has 0 aromatic heterocycles. The maximum absolute atomic E-state index is 12.9. The summed E-state index contributed by atoms with van der Waals surface area (Å²) in [7, 11) is 0. The number of nitrogens with one attached hydrogen (secondary N) is 3. The van der Waals surface area contributed by atoms with Crippen LogP contribution in [0.1, 0.15) is 25.7 Å². The largest absolute Gasteiger partial charge is 0.342 e. The Bertz CT molecular complexity index is 594. The van der Waals surface area contributed by atoms with Gasteiger partial charge in [-0.05, 0) is 56.5 Å². The average Bonchev–Trinajstić information content (AvgIpc) is 2.64. The molecule has 2 fully saturated rings. The van der Waals surface area contributed by atoms with Crippen LogP contribution in [0.4, 0.5) is 14.9 Å². The van der Waals surface area contributed by atoms with Crippen molar-refractivity contribution < 1.29 is 14.0 Å². The Balaban J connectivity index is 1.41. The molecule has 1 unspecified atom stereocenters. The summed E-state index contributed by atoms with van der Waals surface area (Å²) in [6.45, 7) is 3.13. The predicted molar refractivity (Wildman–Crippen MR) is 93.8 cm³/mol. The molecule has 25 heavy (non-hydrogen) atoms. The highest BCUT2D eigenvalue weighted by atomic mass is 19.1. The molecule has 1 atom stereocenters. The number of hydrogen-bond donors (Lipinski definition) is 3. The molecule has 0 spiro atoms. The number of urea groups is 1. The molecule has 6 nitrogen and oxygen atoms in total. The summed E-state index contributed by atoms with van der Waals surface area (Å²) in [6.07, 6.45) is 3.52. The molecule has 2 aliphatic heterocycles. The minimum absolute atomic E-state index is 0.0500. The van der Waals surface area contributed by atoms with Crippen LogP contribution < -0.4 is 16.0 Å². The minimum Gasteiger partial charge on any atom is -0.342 e. The van der Waals surface area contributed by atoms with Gasteiger partial charge in [-0.15, -0.1) is 0 Å². The number of rotatable bonds is 3. The molecule has 0 aliphatic carbocycles. The Labute approximate surface area is 147 Å². The Kier molecular flexibility index (Phi) is 5.86. The Hall–Kier alpha value is -2.15. The molecule has 1 aromatic carbocycles. The number of likely N-dealkylation sites (tertiary alicyclic amines) is 1. The quantitative estimate of drug-likeness (QED) is 0.782. The van der Waals surface area contributed by atoms with Crippen molar-refractivity contribution in [2.45, 2.75) is 31.7 Å². The van der Waals surface area contributed by atoms with Crippen LogP contribution in [0.5, 0.6) is 0 Å². The van der Waals surface area contributed by atoms with E-state index in [2.05, 4.69) is 16.0 Å². The van der Waals surface area contributed by atoms with Gasteiger partial charge >= 0.3 is 6.03 Å². The second-order valence-corrected chi connectivity index (χ2v) is 6.75. The zero-order chi connectivity index (χ0) is 17.6. The number of carbonyl (C=O) groups excluding carboxylic acids is 2. The first-order valence-corrected chi connectivity index (χ1v) is 8.94. The lowest BCUT2D eigenvalue weighted by Crippen LogP contribution is -2.50. The van der Waals surface area contributed by atoms with E-state index in [1.54, 1.807) is 0 Å². The molecule has 2 aliphatic rings. The number of amides is 3. The topological polar surface area (TPSA) is 73.5 Å². The zero-order valence-electron chi connectivity index (χ0n) is 14.3. The van der Waals surface area contributed by atoms with E-state index in [-0.39, 0.29) is 29.7 Å². The Morgan fingerprint density at radius 2 is 1.84 bits per heavy atom. The van der Waals surface area contributed by atoms with E-state index < -0.39 is 0 Å². The van der Waals surface area contributed by atoms with Gasteiger partial charge in [0.2, 0.25) is 5.91 Å². The number of nitrogens with zero attached hydrogens (tertiary/aromatic N) is 1. The smallest absolute Gasteiger partial charge is 0.319 e. The molecule has 0 bridgehead atoms. The summed E-state index contributed by atoms with van der Waals surface area (Å²) < 4.78 is 12.9. The van der Waals surface area contributed by atoms with Gasteiger partial charge in [0.1, 0.15) is 5.82 Å². The molecule has 2 saturated heterocycles. The summed E-state index contributed by atoms with van der Waals surface area (Å²) in [5, 5.41) is 8.90. The highest BCUT2D eigenvalue weighted by Crippen LogP contribution is 2.18. The minimum atomic E-state index is -0.337. The van der Waals surface area contributed by atoms with Crippen LogP contribution in [0.2, 0.25) is 0 Å². The molecule has 0 radical (unpaired) electrons. The van der Waals surface area contributed by atoms with E-state index in [1.807, 2.05) is 4.90 Å². The van der Waals surface area contributed by atoms with Gasteiger partial charge in [-0.25, -0.2) is 9.18 Å². The lowest BCUT2D eigenvalue weighted by molar-refractivity contribution is -0.137. The highest BCUT2D eigenvalue weighted by Gasteiger charge is 2.29. The fraction of sp³-hybridized carbons (Fsp3) is 0.556. The molecule has 2 heterocycles. The van der Waals surface area contributed by atoms with Crippen LogP contribution in [-0.2, 0) is 4.79 Å². The molecule has 136 valence electrons. The van der Waals surface area contributed by atoms with E-state index in [0.29, 0.717) is 18.8 Å². The third-order valence-corrected chi connectivity index (χ3v) is 4.89. The highest BCUT2D eigenvalue weighted by molar-refractivity contribution is 5.89. The molecule has 3 N–H and O–H groups in total. The summed E-state index contributed by atoms with van der Waals surface area (Å²) in [6, 6.07) is 5.41. The number of carbonyl (C=O) groups is 2. The van der Waals surface area contributed by atoms with Gasteiger partial charge in [-0.1, -0.05) is 0 Å². The standard InChI is InChI=1S/C18H25FN4O2/c19-14-3-5-15(6-4-14)21-18(25)22-16-7-10-23(11-8-16)17(24)13-2-1-9-20-12-13/h3-6,13,16,20H,1-2,7-12H2,(H2,21,22,25). The predicted octanol–water partition coefficient (Wildman–Crippen LogP) is 1.94. The van der Waals surface area contributed by atoms with Gasteiger partial charge in [-0.2, -0.15) is 0 Å². The van der Waals surface area contributed by atoms with Gasteiger partial charge < -0.3 is 20.9 Å². The lowest BCUT2D eigenvalue weighted by atomic mass is 9.96. The van der Waals surface area contributed by atoms with E-state index in [1.165, 1.54) is 24.3 Å². The number of halogens is 1. The van der Waals surface area contributed by atoms with Crippen molar-refractivity contribution in [1.82, 2.24) is 15.5 Å². The summed E-state index contributed by atoms with van der Waals surface area (Å²) in [4.78, 5) is 26.5. The number of anilines is 1. The van der Waals surface area contributed by atoms with Crippen molar-refractivity contribution in [1.29, 1.82) is 0 Å². The van der Waals surface area contributed by atoms with Crippen molar-refractivity contribution >= 4 is 17.6 Å². The normalized spacial score (nSPS) is 21.6. The van der Waals surface area contributed by atoms with Crippen LogP contribution in [0.25, 0.3) is 0 Å². The zero-order valence-corrected chi connectivity index (χ0v) is 14.3. The summed E-state index contributed by atoms with van der Waals surface area (Å²) >= 11 is 0. The van der Waals surface area contributed by atoms with Crippen molar-refractivity contribution in [3.05, 3.63) is 30.1 Å². The third kappa shape index (κ3) is 4.92. The van der Waals surface area contributed by atoms with Crippen molar-refractivity contribution in [3.8, 4) is 0 Å². The fourth-order valence-corrected chi connectivity index (χ4v) is 3.45.